The van der Waals surface area contributed by atoms with Crippen molar-refractivity contribution in [1.82, 2.24) is 0 Å². The van der Waals surface area contributed by atoms with Gasteiger partial charge in [-0.3, -0.25) is 0 Å². The lowest BCUT2D eigenvalue weighted by atomic mass is 9.82. The van der Waals surface area contributed by atoms with Crippen LogP contribution in [0, 0.1) is 5.92 Å². The number of piperidine rings is 3. The zero-order chi connectivity index (χ0) is 21.3. The summed E-state index contributed by atoms with van der Waals surface area (Å²) < 4.78 is 12.5. The van der Waals surface area contributed by atoms with Gasteiger partial charge < -0.3 is 18.7 Å². The van der Waals surface area contributed by atoms with E-state index >= 15 is 0 Å². The predicted octanol–water partition coefficient (Wildman–Crippen LogP) is 3.97. The van der Waals surface area contributed by atoms with Crippen molar-refractivity contribution >= 4 is 17.3 Å². The molecule has 0 amide bonds. The van der Waals surface area contributed by atoms with Crippen LogP contribution >= 0.6 is 11.3 Å². The number of hydrogen-bond acceptors (Lipinski definition) is 5. The molecular formula is C25H28NO4S+. The number of carbonyl (C=O) groups excluding carboxylic acids is 1. The second-order valence-electron chi connectivity index (χ2n) is 8.88. The predicted molar refractivity (Wildman–Crippen MR) is 119 cm³/mol. The van der Waals surface area contributed by atoms with Gasteiger partial charge in [-0.15, -0.1) is 11.3 Å². The quantitative estimate of drug-likeness (QED) is 0.448. The number of esters is 1. The van der Waals surface area contributed by atoms with Crippen LogP contribution in [-0.2, 0) is 21.6 Å². The lowest BCUT2D eigenvalue weighted by molar-refractivity contribution is -0.946. The van der Waals surface area contributed by atoms with Crippen LogP contribution in [0.15, 0.2) is 70.7 Å². The lowest BCUT2D eigenvalue weighted by Crippen LogP contribution is -2.65. The zero-order valence-electron chi connectivity index (χ0n) is 17.5. The monoisotopic (exact) mass is 438 g/mol. The molecule has 0 saturated carbocycles. The number of quaternary nitrogens is 1. The molecule has 3 aromatic rings. The molecule has 3 aliphatic rings. The molecule has 31 heavy (non-hydrogen) atoms. The van der Waals surface area contributed by atoms with E-state index in [-0.39, 0.29) is 11.9 Å². The van der Waals surface area contributed by atoms with Gasteiger partial charge in [-0.25, -0.2) is 4.79 Å². The molecule has 6 rings (SSSR count). The Bertz CT molecular complexity index is 957. The second kappa shape index (κ2) is 8.26. The highest BCUT2D eigenvalue weighted by Crippen LogP contribution is 2.39. The normalized spacial score (nSPS) is 27.0. The van der Waals surface area contributed by atoms with Gasteiger partial charge >= 0.3 is 5.97 Å². The molecule has 0 aliphatic carbocycles. The Hall–Kier alpha value is -2.41. The van der Waals surface area contributed by atoms with Crippen LogP contribution < -0.4 is 0 Å². The number of nitrogens with zero attached hydrogens (tertiary/aromatic N) is 1. The maximum Gasteiger partial charge on any atom is 0.352 e. The molecule has 5 nitrogen and oxygen atoms in total. The molecule has 3 fully saturated rings. The van der Waals surface area contributed by atoms with Crippen molar-refractivity contribution in [3.8, 4) is 0 Å². The van der Waals surface area contributed by atoms with Gasteiger partial charge in [-0.2, -0.15) is 0 Å². The van der Waals surface area contributed by atoms with E-state index in [1.54, 1.807) is 18.2 Å². The maximum absolute atomic E-state index is 13.4. The van der Waals surface area contributed by atoms with Gasteiger partial charge in [0.2, 0.25) is 0 Å². The average molecular weight is 439 g/mol. The molecule has 2 bridgehead atoms. The number of furan rings is 1. The third-order valence-electron chi connectivity index (χ3n) is 7.07. The van der Waals surface area contributed by atoms with Crippen molar-refractivity contribution in [1.29, 1.82) is 0 Å². The van der Waals surface area contributed by atoms with Crippen molar-refractivity contribution < 1.29 is 23.5 Å². The van der Waals surface area contributed by atoms with Crippen LogP contribution in [0.3, 0.4) is 0 Å². The summed E-state index contributed by atoms with van der Waals surface area (Å²) >= 11 is 1.32. The molecule has 3 saturated heterocycles. The van der Waals surface area contributed by atoms with E-state index in [0.717, 1.165) is 49.9 Å². The van der Waals surface area contributed by atoms with Gasteiger partial charge in [0.15, 0.2) is 11.9 Å². The van der Waals surface area contributed by atoms with Gasteiger partial charge in [0.25, 0.3) is 5.60 Å². The van der Waals surface area contributed by atoms with E-state index in [1.165, 1.54) is 23.2 Å². The van der Waals surface area contributed by atoms with Crippen LogP contribution in [0.4, 0.5) is 0 Å². The van der Waals surface area contributed by atoms with Crippen molar-refractivity contribution in [2.75, 3.05) is 26.2 Å². The Morgan fingerprint density at radius 1 is 1.13 bits per heavy atom. The molecule has 5 heterocycles. The van der Waals surface area contributed by atoms with E-state index in [2.05, 4.69) is 24.3 Å². The molecule has 1 unspecified atom stereocenters. The summed E-state index contributed by atoms with van der Waals surface area (Å²) in [4.78, 5) is 13.9. The summed E-state index contributed by atoms with van der Waals surface area (Å²) in [7, 11) is 0. The van der Waals surface area contributed by atoms with Crippen LogP contribution in [0.5, 0.6) is 0 Å². The molecule has 162 valence electrons. The summed E-state index contributed by atoms with van der Waals surface area (Å²) in [6.45, 7) is 4.15. The highest BCUT2D eigenvalue weighted by atomic mass is 32.1. The van der Waals surface area contributed by atoms with Crippen LogP contribution in [0.2, 0.25) is 0 Å². The fraction of sp³-hybridized carbons (Fsp3) is 0.400. The van der Waals surface area contributed by atoms with Crippen molar-refractivity contribution in [3.05, 3.63) is 82.4 Å². The van der Waals surface area contributed by atoms with Crippen molar-refractivity contribution in [2.24, 2.45) is 5.92 Å². The first-order valence-electron chi connectivity index (χ1n) is 11.0. The SMILES string of the molecule is O=C(OC1C[N+]2(CCc3ccccc3)CCC1CC2)[C@](O)(c1ccco1)c1cccs1. The molecule has 1 aromatic carbocycles. The summed E-state index contributed by atoms with van der Waals surface area (Å²) in [6.07, 6.45) is 4.44. The first-order valence-corrected chi connectivity index (χ1v) is 11.9. The lowest BCUT2D eigenvalue weighted by Gasteiger charge is -2.52. The summed E-state index contributed by atoms with van der Waals surface area (Å²) in [5, 5.41) is 13.3. The molecule has 0 spiro atoms. The second-order valence-corrected chi connectivity index (χ2v) is 9.82. The largest absolute Gasteiger partial charge is 0.465 e. The topological polar surface area (TPSA) is 59.7 Å². The van der Waals surface area contributed by atoms with Crippen LogP contribution in [0.1, 0.15) is 29.0 Å². The van der Waals surface area contributed by atoms with Crippen LogP contribution in [-0.4, -0.2) is 47.8 Å². The highest BCUT2D eigenvalue weighted by Gasteiger charge is 2.51. The van der Waals surface area contributed by atoms with Crippen molar-refractivity contribution in [2.45, 2.75) is 31.0 Å². The van der Waals surface area contributed by atoms with Gasteiger partial charge in [-0.05, 0) is 29.1 Å². The number of benzene rings is 1. The van der Waals surface area contributed by atoms with E-state index in [0.29, 0.717) is 10.8 Å². The number of ether oxygens (including phenoxy) is 1. The first-order chi connectivity index (χ1) is 15.1. The number of hydrogen-bond donors (Lipinski definition) is 1. The smallest absolute Gasteiger partial charge is 0.352 e. The Morgan fingerprint density at radius 2 is 1.94 bits per heavy atom. The minimum Gasteiger partial charge on any atom is -0.465 e. The number of fused-ring (bicyclic) bond motifs is 3. The summed E-state index contributed by atoms with van der Waals surface area (Å²) in [6, 6.07) is 17.5. The molecule has 3 aliphatic heterocycles. The maximum atomic E-state index is 13.4. The Labute approximate surface area is 186 Å². The Balaban J connectivity index is 1.33. The number of thiophene rings is 1. The molecule has 0 radical (unpaired) electrons. The third kappa shape index (κ3) is 3.84. The minimum absolute atomic E-state index is 0.174. The van der Waals surface area contributed by atoms with Crippen LogP contribution in [0.25, 0.3) is 0 Å². The van der Waals surface area contributed by atoms with Crippen molar-refractivity contribution in [3.63, 3.8) is 0 Å². The van der Waals surface area contributed by atoms with E-state index in [4.69, 9.17) is 9.15 Å². The average Bonchev–Trinajstić information content (AvgIpc) is 3.54. The number of carbonyl (C=O) groups is 1. The minimum atomic E-state index is -1.90. The third-order valence-corrected chi connectivity index (χ3v) is 8.05. The summed E-state index contributed by atoms with van der Waals surface area (Å²) in [5.74, 6) is -0.0658. The Kier molecular flexibility index (Phi) is 5.46. The van der Waals surface area contributed by atoms with E-state index in [9.17, 15) is 9.90 Å². The number of aliphatic hydroxyl groups is 1. The fourth-order valence-electron chi connectivity index (χ4n) is 5.19. The standard InChI is InChI=1S/C25H28NO4S/c27-24(25(28,22-8-4-16-29-22)23-9-5-17-31-23)30-21-18-26(14-11-20(21)12-15-26)13-10-19-6-2-1-3-7-19/h1-9,16-17,20-21,28H,10-15,18H2/q+1/t20?,21?,25-,26?/m0/s1. The molecule has 2 aromatic heterocycles. The zero-order valence-corrected chi connectivity index (χ0v) is 18.3. The van der Waals surface area contributed by atoms with Gasteiger partial charge in [0.05, 0.1) is 30.8 Å². The van der Waals surface area contributed by atoms with E-state index in [1.807, 2.05) is 17.5 Å². The molecular weight excluding hydrogens is 410 g/mol. The van der Waals surface area contributed by atoms with E-state index < -0.39 is 11.6 Å². The molecule has 2 atom stereocenters. The number of rotatable bonds is 7. The molecule has 1 N–H and O–H groups in total. The molecule has 6 heteroatoms. The van der Waals surface area contributed by atoms with Gasteiger partial charge in [-0.1, -0.05) is 36.4 Å². The van der Waals surface area contributed by atoms with Gasteiger partial charge in [0.1, 0.15) is 6.54 Å². The van der Waals surface area contributed by atoms with Gasteiger partial charge in [0, 0.05) is 25.2 Å². The Morgan fingerprint density at radius 3 is 2.61 bits per heavy atom. The first kappa shape index (κ1) is 20.5. The fourth-order valence-corrected chi connectivity index (χ4v) is 6.01. The summed E-state index contributed by atoms with van der Waals surface area (Å²) in [5.41, 5.74) is -0.556. The highest BCUT2D eigenvalue weighted by molar-refractivity contribution is 7.10.